The van der Waals surface area contributed by atoms with Crippen LogP contribution >= 0.6 is 0 Å². The maximum Gasteiger partial charge on any atom is 0.397 e. The van der Waals surface area contributed by atoms with E-state index in [4.69, 9.17) is 4.55 Å². The van der Waals surface area contributed by atoms with Crippen molar-refractivity contribution in [2.75, 3.05) is 6.61 Å². The first-order chi connectivity index (χ1) is 4.45. The normalized spacial score (nSPS) is 13.7. The minimum absolute atomic E-state index is 0.0880. The van der Waals surface area contributed by atoms with Gasteiger partial charge in [-0.3, -0.25) is 4.55 Å². The average Bonchev–Trinajstić information content (AvgIpc) is 1.81. The second-order valence-corrected chi connectivity index (χ2v) is 2.92. The van der Waals surface area contributed by atoms with E-state index >= 15 is 0 Å². The predicted octanol–water partition coefficient (Wildman–Crippen LogP) is 0.772. The van der Waals surface area contributed by atoms with Gasteiger partial charge < -0.3 is 0 Å². The lowest BCUT2D eigenvalue weighted by molar-refractivity contribution is 0.290. The Hall–Kier alpha value is -0.390. The quantitative estimate of drug-likeness (QED) is 0.497. The molecule has 5 heteroatoms. The van der Waals surface area contributed by atoms with Gasteiger partial charge in [0.1, 0.15) is 0 Å². The molecule has 0 bridgehead atoms. The van der Waals surface area contributed by atoms with E-state index in [-0.39, 0.29) is 6.61 Å². The highest BCUT2D eigenvalue weighted by Gasteiger charge is 2.02. The van der Waals surface area contributed by atoms with Crippen LogP contribution in [0.15, 0.2) is 11.6 Å². The third-order valence-electron chi connectivity index (χ3n) is 0.928. The van der Waals surface area contributed by atoms with E-state index in [1.165, 1.54) is 0 Å². The lowest BCUT2D eigenvalue weighted by Gasteiger charge is -1.97. The van der Waals surface area contributed by atoms with Gasteiger partial charge in [0.25, 0.3) is 0 Å². The van der Waals surface area contributed by atoms with Crippen molar-refractivity contribution in [3.63, 3.8) is 0 Å². The van der Waals surface area contributed by atoms with Crippen molar-refractivity contribution in [1.82, 2.24) is 0 Å². The standard InChI is InChI=1S/C5H10O4S/c1-3-5(2)4-9-10(6,7)8/h3H,4H2,1-2H3,(H,6,7,8)/b5-3+. The van der Waals surface area contributed by atoms with Crippen molar-refractivity contribution in [3.05, 3.63) is 11.6 Å². The van der Waals surface area contributed by atoms with Crippen LogP contribution in [0.5, 0.6) is 0 Å². The van der Waals surface area contributed by atoms with E-state index in [9.17, 15) is 8.42 Å². The predicted molar refractivity (Wildman–Crippen MR) is 36.9 cm³/mol. The molecule has 4 nitrogen and oxygen atoms in total. The van der Waals surface area contributed by atoms with Gasteiger partial charge in [-0.05, 0) is 13.8 Å². The summed E-state index contributed by atoms with van der Waals surface area (Å²) >= 11 is 0. The Morgan fingerprint density at radius 3 is 2.50 bits per heavy atom. The van der Waals surface area contributed by atoms with Gasteiger partial charge in [-0.1, -0.05) is 11.6 Å². The third-order valence-corrected chi connectivity index (χ3v) is 1.34. The van der Waals surface area contributed by atoms with Crippen molar-refractivity contribution in [2.24, 2.45) is 0 Å². The molecule has 0 radical (unpaired) electrons. The molecule has 0 saturated heterocycles. The van der Waals surface area contributed by atoms with Crippen molar-refractivity contribution in [1.29, 1.82) is 0 Å². The zero-order chi connectivity index (χ0) is 8.20. The van der Waals surface area contributed by atoms with Crippen LogP contribution in [0, 0.1) is 0 Å². The van der Waals surface area contributed by atoms with E-state index < -0.39 is 10.4 Å². The first-order valence-corrected chi connectivity index (χ1v) is 4.06. The van der Waals surface area contributed by atoms with Crippen molar-refractivity contribution in [3.8, 4) is 0 Å². The SMILES string of the molecule is C/C=C(\C)COS(=O)(=O)O. The van der Waals surface area contributed by atoms with Crippen LogP contribution < -0.4 is 0 Å². The fraction of sp³-hybridized carbons (Fsp3) is 0.600. The van der Waals surface area contributed by atoms with Gasteiger partial charge in [-0.25, -0.2) is 4.18 Å². The van der Waals surface area contributed by atoms with Gasteiger partial charge >= 0.3 is 10.4 Å². The summed E-state index contributed by atoms with van der Waals surface area (Å²) in [6, 6.07) is 0. The van der Waals surface area contributed by atoms with Gasteiger partial charge in [0.2, 0.25) is 0 Å². The minimum atomic E-state index is -4.27. The molecule has 60 valence electrons. The molecule has 0 saturated carbocycles. The molecule has 0 aromatic heterocycles. The molecule has 0 aliphatic rings. The lowest BCUT2D eigenvalue weighted by Crippen LogP contribution is -2.05. The van der Waals surface area contributed by atoms with E-state index in [2.05, 4.69) is 4.18 Å². The topological polar surface area (TPSA) is 63.6 Å². The fourth-order valence-corrected chi connectivity index (χ4v) is 0.586. The molecule has 0 aromatic rings. The highest BCUT2D eigenvalue weighted by molar-refractivity contribution is 7.80. The molecular formula is C5H10O4S. The molecule has 10 heavy (non-hydrogen) atoms. The summed E-state index contributed by atoms with van der Waals surface area (Å²) in [5.41, 5.74) is 0.748. The molecule has 0 spiro atoms. The van der Waals surface area contributed by atoms with E-state index in [0.29, 0.717) is 0 Å². The van der Waals surface area contributed by atoms with Gasteiger partial charge in [0.05, 0.1) is 6.61 Å². The molecule has 0 rings (SSSR count). The van der Waals surface area contributed by atoms with Crippen LogP contribution in [0.2, 0.25) is 0 Å². The lowest BCUT2D eigenvalue weighted by atomic mass is 10.3. The van der Waals surface area contributed by atoms with Crippen LogP contribution in [-0.2, 0) is 14.6 Å². The Morgan fingerprint density at radius 2 is 2.20 bits per heavy atom. The summed E-state index contributed by atoms with van der Waals surface area (Å²) in [4.78, 5) is 0. The summed E-state index contributed by atoms with van der Waals surface area (Å²) in [5, 5.41) is 0. The Labute approximate surface area is 60.5 Å². The first kappa shape index (κ1) is 9.61. The molecule has 0 unspecified atom stereocenters. The Morgan fingerprint density at radius 1 is 1.70 bits per heavy atom. The zero-order valence-electron chi connectivity index (χ0n) is 5.86. The molecular weight excluding hydrogens is 156 g/mol. The Balaban J connectivity index is 3.79. The number of hydrogen-bond donors (Lipinski definition) is 1. The third kappa shape index (κ3) is 5.74. The monoisotopic (exact) mass is 166 g/mol. The average molecular weight is 166 g/mol. The van der Waals surface area contributed by atoms with Gasteiger partial charge in [-0.15, -0.1) is 0 Å². The largest absolute Gasteiger partial charge is 0.397 e. The summed E-state index contributed by atoms with van der Waals surface area (Å²) in [6.07, 6.45) is 1.70. The Bertz CT molecular complexity index is 214. The van der Waals surface area contributed by atoms with Crippen molar-refractivity contribution in [2.45, 2.75) is 13.8 Å². The molecule has 0 amide bonds. The molecule has 1 N–H and O–H groups in total. The van der Waals surface area contributed by atoms with E-state index in [0.717, 1.165) is 5.57 Å². The van der Waals surface area contributed by atoms with Crippen molar-refractivity contribution >= 4 is 10.4 Å². The summed E-state index contributed by atoms with van der Waals surface area (Å²) in [6.45, 7) is 3.36. The zero-order valence-corrected chi connectivity index (χ0v) is 6.68. The molecule has 0 heterocycles. The molecule has 0 atom stereocenters. The second kappa shape index (κ2) is 3.70. The van der Waals surface area contributed by atoms with Crippen LogP contribution in [0.3, 0.4) is 0 Å². The summed E-state index contributed by atoms with van der Waals surface area (Å²) in [7, 11) is -4.27. The summed E-state index contributed by atoms with van der Waals surface area (Å²) in [5.74, 6) is 0. The highest BCUT2D eigenvalue weighted by Crippen LogP contribution is 1.95. The van der Waals surface area contributed by atoms with Gasteiger partial charge in [-0.2, -0.15) is 8.42 Å². The Kier molecular flexibility index (Phi) is 3.55. The maximum atomic E-state index is 9.96. The first-order valence-electron chi connectivity index (χ1n) is 2.69. The van der Waals surface area contributed by atoms with Crippen LogP contribution in [0.1, 0.15) is 13.8 Å². The van der Waals surface area contributed by atoms with E-state index in [1.807, 2.05) is 0 Å². The van der Waals surface area contributed by atoms with Crippen LogP contribution in [0.4, 0.5) is 0 Å². The highest BCUT2D eigenvalue weighted by atomic mass is 32.3. The number of allylic oxidation sites excluding steroid dienone is 1. The summed E-state index contributed by atoms with van der Waals surface area (Å²) < 4.78 is 32.0. The van der Waals surface area contributed by atoms with Crippen LogP contribution in [-0.4, -0.2) is 19.6 Å². The van der Waals surface area contributed by atoms with E-state index in [1.54, 1.807) is 19.9 Å². The van der Waals surface area contributed by atoms with Crippen molar-refractivity contribution < 1.29 is 17.2 Å². The molecule has 0 aliphatic carbocycles. The molecule has 0 aromatic carbocycles. The second-order valence-electron chi connectivity index (χ2n) is 1.82. The molecule has 0 fully saturated rings. The molecule has 0 aliphatic heterocycles. The maximum absolute atomic E-state index is 9.96. The van der Waals surface area contributed by atoms with Gasteiger partial charge in [0, 0.05) is 0 Å². The number of rotatable bonds is 3. The fourth-order valence-electron chi connectivity index (χ4n) is 0.251. The van der Waals surface area contributed by atoms with Gasteiger partial charge in [0.15, 0.2) is 0 Å². The van der Waals surface area contributed by atoms with Crippen LogP contribution in [0.25, 0.3) is 0 Å². The smallest absolute Gasteiger partial charge is 0.264 e. The minimum Gasteiger partial charge on any atom is -0.264 e. The number of hydrogen-bond acceptors (Lipinski definition) is 3.